The van der Waals surface area contributed by atoms with Crippen LogP contribution in [0.25, 0.3) is 16.9 Å². The van der Waals surface area contributed by atoms with Crippen LogP contribution in [0.3, 0.4) is 0 Å². The number of hydrogen-bond acceptors (Lipinski definition) is 5. The largest absolute Gasteiger partial charge is 0.350 e. The zero-order valence-electron chi connectivity index (χ0n) is 12.3. The van der Waals surface area contributed by atoms with Gasteiger partial charge in [0.25, 0.3) is 5.91 Å². The lowest BCUT2D eigenvalue weighted by atomic mass is 10.2. The van der Waals surface area contributed by atoms with Crippen molar-refractivity contribution < 1.29 is 4.79 Å². The molecule has 8 heteroatoms. The lowest BCUT2D eigenvalue weighted by molar-refractivity contribution is 0.0951. The molecule has 0 unspecified atom stereocenters. The number of nitrogens with one attached hydrogen (secondary N) is 1. The highest BCUT2D eigenvalue weighted by Gasteiger charge is 2.15. The maximum Gasteiger partial charge on any atom is 0.271 e. The van der Waals surface area contributed by atoms with Crippen molar-refractivity contribution in [1.82, 2.24) is 29.7 Å². The van der Waals surface area contributed by atoms with Crippen LogP contribution in [0.15, 0.2) is 24.5 Å². The number of carbonyl (C=O) groups excluding carboxylic acids is 1. The molecule has 0 saturated carbocycles. The van der Waals surface area contributed by atoms with Gasteiger partial charge in [-0.15, -0.1) is 0 Å². The molecular weight excluding hydrogens is 300 g/mol. The van der Waals surface area contributed by atoms with E-state index in [4.69, 9.17) is 0 Å². The highest BCUT2D eigenvalue weighted by molar-refractivity contribution is 7.80. The van der Waals surface area contributed by atoms with Crippen LogP contribution in [0.1, 0.15) is 16.2 Å². The molecule has 0 fully saturated rings. The second kappa shape index (κ2) is 5.80. The number of nitrogens with zero attached hydrogens (tertiary/aromatic N) is 5. The fourth-order valence-electron chi connectivity index (χ4n) is 2.22. The molecule has 22 heavy (non-hydrogen) atoms. The zero-order chi connectivity index (χ0) is 15.7. The summed E-state index contributed by atoms with van der Waals surface area (Å²) < 4.78 is 3.46. The first-order chi connectivity index (χ1) is 10.6. The van der Waals surface area contributed by atoms with E-state index in [-0.39, 0.29) is 5.91 Å². The normalized spacial score (nSPS) is 11.0. The first kappa shape index (κ1) is 14.6. The molecule has 3 rings (SSSR count). The summed E-state index contributed by atoms with van der Waals surface area (Å²) in [7, 11) is 1.89. The fraction of sp³-hybridized carbons (Fsp3) is 0.286. The summed E-state index contributed by atoms with van der Waals surface area (Å²) in [5, 5.41) is 11.4. The van der Waals surface area contributed by atoms with Crippen LogP contribution in [-0.4, -0.2) is 42.6 Å². The summed E-state index contributed by atoms with van der Waals surface area (Å²) in [5.41, 5.74) is 3.79. The van der Waals surface area contributed by atoms with E-state index >= 15 is 0 Å². The van der Waals surface area contributed by atoms with Crippen LogP contribution < -0.4 is 5.32 Å². The highest BCUT2D eigenvalue weighted by Crippen LogP contribution is 2.22. The van der Waals surface area contributed by atoms with Crippen molar-refractivity contribution in [3.63, 3.8) is 0 Å². The Morgan fingerprint density at radius 3 is 2.95 bits per heavy atom. The van der Waals surface area contributed by atoms with E-state index in [0.29, 0.717) is 23.6 Å². The van der Waals surface area contributed by atoms with E-state index in [0.717, 1.165) is 17.0 Å². The molecule has 3 aromatic rings. The van der Waals surface area contributed by atoms with Crippen LogP contribution in [-0.2, 0) is 7.05 Å². The van der Waals surface area contributed by atoms with Gasteiger partial charge < -0.3 is 5.32 Å². The predicted molar refractivity (Wildman–Crippen MR) is 86.1 cm³/mol. The quantitative estimate of drug-likeness (QED) is 0.707. The Hall–Kier alpha value is -2.35. The molecule has 0 radical (unpaired) electrons. The third-order valence-electron chi connectivity index (χ3n) is 3.50. The maximum absolute atomic E-state index is 12.0. The van der Waals surface area contributed by atoms with E-state index in [1.54, 1.807) is 27.7 Å². The predicted octanol–water partition coefficient (Wildman–Crippen LogP) is 1.10. The Kier molecular flexibility index (Phi) is 3.84. The van der Waals surface area contributed by atoms with E-state index in [1.165, 1.54) is 0 Å². The first-order valence-corrected chi connectivity index (χ1v) is 7.48. The van der Waals surface area contributed by atoms with E-state index in [2.05, 4.69) is 33.1 Å². The highest BCUT2D eigenvalue weighted by atomic mass is 32.1. The Bertz CT molecular complexity index is 837. The number of thiol groups is 1. The van der Waals surface area contributed by atoms with Crippen molar-refractivity contribution in [3.05, 3.63) is 35.9 Å². The molecule has 0 aliphatic carbocycles. The number of rotatable bonds is 4. The summed E-state index contributed by atoms with van der Waals surface area (Å²) in [6.07, 6.45) is 3.49. The minimum atomic E-state index is -0.228. The van der Waals surface area contributed by atoms with Crippen molar-refractivity contribution in [3.8, 4) is 11.3 Å². The van der Waals surface area contributed by atoms with E-state index < -0.39 is 0 Å². The van der Waals surface area contributed by atoms with E-state index in [1.807, 2.05) is 20.0 Å². The van der Waals surface area contributed by atoms with Crippen molar-refractivity contribution in [2.24, 2.45) is 7.05 Å². The molecule has 0 saturated heterocycles. The van der Waals surface area contributed by atoms with Gasteiger partial charge in [-0.25, -0.2) is 9.50 Å². The van der Waals surface area contributed by atoms with Crippen LogP contribution in [0.4, 0.5) is 0 Å². The van der Waals surface area contributed by atoms with Gasteiger partial charge >= 0.3 is 0 Å². The molecule has 0 aliphatic rings. The number of aromatic nitrogens is 5. The molecule has 1 amide bonds. The molecule has 1 N–H and O–H groups in total. The van der Waals surface area contributed by atoms with Crippen molar-refractivity contribution in [2.45, 2.75) is 6.92 Å². The Morgan fingerprint density at radius 2 is 2.27 bits per heavy atom. The van der Waals surface area contributed by atoms with Gasteiger partial charge in [0.2, 0.25) is 0 Å². The SMILES string of the molecule is Cc1c(-c2ccnc3cc(C(=O)NCCS)nn23)cnn1C. The van der Waals surface area contributed by atoms with Crippen LogP contribution in [0, 0.1) is 6.92 Å². The van der Waals surface area contributed by atoms with Gasteiger partial charge in [0, 0.05) is 42.9 Å². The van der Waals surface area contributed by atoms with Gasteiger partial charge in [-0.3, -0.25) is 9.48 Å². The second-order valence-corrected chi connectivity index (χ2v) is 5.32. The van der Waals surface area contributed by atoms with Gasteiger partial charge in [-0.2, -0.15) is 22.8 Å². The summed E-state index contributed by atoms with van der Waals surface area (Å²) >= 11 is 4.07. The molecular formula is C14H16N6OS. The molecule has 3 aromatic heterocycles. The molecule has 0 aromatic carbocycles. The minimum Gasteiger partial charge on any atom is -0.350 e. The number of amides is 1. The van der Waals surface area contributed by atoms with Gasteiger partial charge in [-0.05, 0) is 13.0 Å². The molecule has 0 bridgehead atoms. The van der Waals surface area contributed by atoms with E-state index in [9.17, 15) is 4.79 Å². The van der Waals surface area contributed by atoms with Gasteiger partial charge in [0.1, 0.15) is 0 Å². The lowest BCUT2D eigenvalue weighted by Gasteiger charge is -2.03. The van der Waals surface area contributed by atoms with Crippen molar-refractivity contribution in [2.75, 3.05) is 12.3 Å². The molecule has 0 spiro atoms. The summed E-state index contributed by atoms with van der Waals surface area (Å²) in [6, 6.07) is 3.53. The van der Waals surface area contributed by atoms with Crippen molar-refractivity contribution in [1.29, 1.82) is 0 Å². The topological polar surface area (TPSA) is 77.1 Å². The van der Waals surface area contributed by atoms with Gasteiger partial charge in [0.15, 0.2) is 11.3 Å². The van der Waals surface area contributed by atoms with Crippen LogP contribution in [0.5, 0.6) is 0 Å². The Labute approximate surface area is 132 Å². The lowest BCUT2D eigenvalue weighted by Crippen LogP contribution is -2.25. The average Bonchev–Trinajstić information content (AvgIpc) is 3.09. The third-order valence-corrected chi connectivity index (χ3v) is 3.72. The smallest absolute Gasteiger partial charge is 0.271 e. The maximum atomic E-state index is 12.0. The molecule has 3 heterocycles. The zero-order valence-corrected chi connectivity index (χ0v) is 13.2. The Balaban J connectivity index is 2.07. The van der Waals surface area contributed by atoms with Crippen LogP contribution in [0.2, 0.25) is 0 Å². The van der Waals surface area contributed by atoms with Gasteiger partial charge in [-0.1, -0.05) is 0 Å². The van der Waals surface area contributed by atoms with Gasteiger partial charge in [0.05, 0.1) is 11.9 Å². The van der Waals surface area contributed by atoms with Crippen molar-refractivity contribution >= 4 is 24.2 Å². The molecule has 0 atom stereocenters. The third kappa shape index (κ3) is 2.45. The minimum absolute atomic E-state index is 0.228. The summed E-state index contributed by atoms with van der Waals surface area (Å²) in [6.45, 7) is 2.48. The second-order valence-electron chi connectivity index (χ2n) is 4.88. The molecule has 114 valence electrons. The summed E-state index contributed by atoms with van der Waals surface area (Å²) in [5.74, 6) is 0.353. The number of hydrogen-bond donors (Lipinski definition) is 2. The fourth-order valence-corrected chi connectivity index (χ4v) is 2.33. The standard InChI is InChI=1S/C14H16N6OS/c1-9-10(8-17-19(9)2)12-3-4-15-13-7-11(18-20(12)13)14(21)16-5-6-22/h3-4,7-8,22H,5-6H2,1-2H3,(H,16,21). The molecule has 7 nitrogen and oxygen atoms in total. The number of fused-ring (bicyclic) bond motifs is 1. The monoisotopic (exact) mass is 316 g/mol. The van der Waals surface area contributed by atoms with Crippen LogP contribution >= 0.6 is 12.6 Å². The average molecular weight is 316 g/mol. The Morgan fingerprint density at radius 1 is 1.45 bits per heavy atom. The number of aryl methyl sites for hydroxylation is 1. The summed E-state index contributed by atoms with van der Waals surface area (Å²) in [4.78, 5) is 16.3. The first-order valence-electron chi connectivity index (χ1n) is 6.84. The number of carbonyl (C=O) groups is 1. The molecule has 0 aliphatic heterocycles.